The summed E-state index contributed by atoms with van der Waals surface area (Å²) in [5.74, 6) is 0. The first-order chi connectivity index (χ1) is 1.41. The van der Waals surface area contributed by atoms with Gasteiger partial charge in [-0.2, -0.15) is 0 Å². The van der Waals surface area contributed by atoms with Gasteiger partial charge in [-0.25, -0.2) is 0 Å². The SMILES string of the molecule is C.C.C.C.C.O.[OH-].[O]=[Ni][OH]. The fourth-order valence-corrected chi connectivity index (χ4v) is 0. The van der Waals surface area contributed by atoms with E-state index < -0.39 is 14.7 Å². The zero-order valence-corrected chi connectivity index (χ0v) is 3.11. The Balaban J connectivity index is -0.000000000952. The molecule has 79 valence electrons. The third-order valence-electron chi connectivity index (χ3n) is 0. The summed E-state index contributed by atoms with van der Waals surface area (Å²) in [4.78, 5) is 0. The van der Waals surface area contributed by atoms with E-state index in [2.05, 4.69) is 0 Å². The maximum atomic E-state index is 8.42. The van der Waals surface area contributed by atoms with Crippen LogP contribution in [0.3, 0.4) is 0 Å². The molecule has 10 heavy (non-hydrogen) atoms. The molecule has 0 radical (unpaired) electrons. The molecule has 0 rings (SSSR count). The summed E-state index contributed by atoms with van der Waals surface area (Å²) in [5.41, 5.74) is 0. The molecular weight excluding hydrogens is 183 g/mol. The van der Waals surface area contributed by atoms with Crippen LogP contribution >= 0.6 is 0 Å². The van der Waals surface area contributed by atoms with Gasteiger partial charge >= 0.3 is 22.8 Å². The Kier molecular flexibility index (Phi) is 8060. The van der Waals surface area contributed by atoms with Crippen LogP contribution in [0.5, 0.6) is 0 Å². The van der Waals surface area contributed by atoms with E-state index in [1.807, 2.05) is 0 Å². The van der Waals surface area contributed by atoms with Gasteiger partial charge < -0.3 is 11.0 Å². The van der Waals surface area contributed by atoms with Crippen molar-refractivity contribution in [1.29, 1.82) is 0 Å². The van der Waals surface area contributed by atoms with E-state index in [1.54, 1.807) is 0 Å². The van der Waals surface area contributed by atoms with Gasteiger partial charge in [0.25, 0.3) is 0 Å². The third kappa shape index (κ3) is 14000. The van der Waals surface area contributed by atoms with Gasteiger partial charge in [-0.3, -0.25) is 0 Å². The van der Waals surface area contributed by atoms with Crippen LogP contribution in [0.1, 0.15) is 37.1 Å². The van der Waals surface area contributed by atoms with Crippen LogP contribution in [0.4, 0.5) is 0 Å². The molecule has 0 amide bonds. The van der Waals surface area contributed by atoms with Crippen molar-refractivity contribution in [3.05, 3.63) is 0 Å². The van der Waals surface area contributed by atoms with Crippen LogP contribution in [0, 0.1) is 0 Å². The molecule has 0 saturated heterocycles. The number of hydrogen-bond donors (Lipinski definition) is 1. The molecule has 0 bridgehead atoms. The first-order valence-corrected chi connectivity index (χ1v) is 1.12. The van der Waals surface area contributed by atoms with E-state index in [1.165, 1.54) is 0 Å². The molecule has 4 nitrogen and oxygen atoms in total. The van der Waals surface area contributed by atoms with Crippen LogP contribution in [-0.4, -0.2) is 15.2 Å². The fourth-order valence-electron chi connectivity index (χ4n) is 0. The standard InChI is InChI=1S/5CH4.Ni.3H2O.O/h5*1H4;;3*1H2;/q;;;;;+1;;;;/p-2. The van der Waals surface area contributed by atoms with E-state index >= 15 is 0 Å². The minimum atomic E-state index is -0.625. The Morgan fingerprint density at radius 2 is 0.900 bits per heavy atom. The van der Waals surface area contributed by atoms with Crippen molar-refractivity contribution in [1.82, 2.24) is 0 Å². The van der Waals surface area contributed by atoms with Gasteiger partial charge in [0.1, 0.15) is 0 Å². The molecule has 0 heterocycles. The molecule has 5 heteroatoms. The minimum absolute atomic E-state index is 0. The van der Waals surface area contributed by atoms with Crippen LogP contribution in [0.25, 0.3) is 0 Å². The molecule has 4 N–H and O–H groups in total. The van der Waals surface area contributed by atoms with Gasteiger partial charge in [-0.1, -0.05) is 37.1 Å². The van der Waals surface area contributed by atoms with Gasteiger partial charge in [0.2, 0.25) is 0 Å². The van der Waals surface area contributed by atoms with Crippen molar-refractivity contribution in [2.45, 2.75) is 37.1 Å². The first-order valence-electron chi connectivity index (χ1n) is 0.271. The Bertz CT molecular complexity index is 21.1. The summed E-state index contributed by atoms with van der Waals surface area (Å²) >= 11 is -0.625. The molecule has 0 aromatic rings. The Hall–Kier alpha value is 0.174. The average Bonchev–Trinajstić information content (AvgIpc) is 0.918. The predicted molar refractivity (Wildman–Crippen MR) is 42.1 cm³/mol. The van der Waals surface area contributed by atoms with Crippen molar-refractivity contribution in [2.75, 3.05) is 0 Å². The molecule has 0 aliphatic rings. The molecule has 0 atom stereocenters. The van der Waals surface area contributed by atoms with E-state index in [4.69, 9.17) is 8.15 Å². The van der Waals surface area contributed by atoms with E-state index in [9.17, 15) is 0 Å². The van der Waals surface area contributed by atoms with Gasteiger partial charge in [0, 0.05) is 0 Å². The molecule has 0 aromatic carbocycles. The van der Waals surface area contributed by atoms with Crippen molar-refractivity contribution in [3.63, 3.8) is 0 Å². The molecule has 0 aliphatic carbocycles. The van der Waals surface area contributed by atoms with Crippen molar-refractivity contribution < 1.29 is 33.8 Å². The molecular formula is C5H24NiO4-. The van der Waals surface area contributed by atoms with Crippen molar-refractivity contribution in [3.8, 4) is 0 Å². The summed E-state index contributed by atoms with van der Waals surface area (Å²) in [7, 11) is 0. The third-order valence-corrected chi connectivity index (χ3v) is 0. The molecule has 0 aliphatic heterocycles. The predicted octanol–water partition coefficient (Wildman–Crippen LogP) is 1.50. The summed E-state index contributed by atoms with van der Waals surface area (Å²) < 4.78 is 15.4. The van der Waals surface area contributed by atoms with Crippen LogP contribution in [0.2, 0.25) is 0 Å². The van der Waals surface area contributed by atoms with Gasteiger partial charge in [-0.15, -0.1) is 0 Å². The van der Waals surface area contributed by atoms with Gasteiger partial charge in [-0.05, 0) is 0 Å². The summed E-state index contributed by atoms with van der Waals surface area (Å²) in [6, 6.07) is 0. The van der Waals surface area contributed by atoms with Crippen LogP contribution < -0.4 is 0 Å². The number of rotatable bonds is 0. The monoisotopic (exact) mass is 206 g/mol. The van der Waals surface area contributed by atoms with Gasteiger partial charge in [0.15, 0.2) is 0 Å². The topological polar surface area (TPSA) is 98.8 Å². The average molecular weight is 207 g/mol. The van der Waals surface area contributed by atoms with Crippen molar-refractivity contribution >= 4 is 0 Å². The fraction of sp³-hybridized carbons (Fsp3) is 1.00. The maximum absolute atomic E-state index is 8.42. The molecule has 0 saturated carbocycles. The molecule has 0 unspecified atom stereocenters. The van der Waals surface area contributed by atoms with Crippen LogP contribution in [-0.2, 0) is 18.6 Å². The molecule has 0 fully saturated rings. The van der Waals surface area contributed by atoms with Crippen LogP contribution in [0.15, 0.2) is 0 Å². The molecule has 0 aromatic heterocycles. The van der Waals surface area contributed by atoms with E-state index in [0.717, 1.165) is 0 Å². The second kappa shape index (κ2) is 445. The normalized spacial score (nSPS) is 2.10. The first kappa shape index (κ1) is 181. The molecule has 0 spiro atoms. The van der Waals surface area contributed by atoms with Crippen molar-refractivity contribution in [2.24, 2.45) is 0 Å². The Morgan fingerprint density at radius 3 is 0.900 bits per heavy atom. The Labute approximate surface area is 71.6 Å². The van der Waals surface area contributed by atoms with E-state index in [0.29, 0.717) is 0 Å². The van der Waals surface area contributed by atoms with Gasteiger partial charge in [0.05, 0.1) is 0 Å². The Morgan fingerprint density at radius 1 is 0.900 bits per heavy atom. The second-order valence-corrected chi connectivity index (χ2v) is 0.238. The number of hydrogen-bond acceptors (Lipinski definition) is 2. The quantitative estimate of drug-likeness (QED) is 0.609. The summed E-state index contributed by atoms with van der Waals surface area (Å²) in [6.07, 6.45) is 0. The summed E-state index contributed by atoms with van der Waals surface area (Å²) in [5, 5.41) is 0. The van der Waals surface area contributed by atoms with E-state index in [-0.39, 0.29) is 48.1 Å². The summed E-state index contributed by atoms with van der Waals surface area (Å²) in [6.45, 7) is 0. The zero-order chi connectivity index (χ0) is 2.71. The zero-order valence-electron chi connectivity index (χ0n) is 2.12. The second-order valence-electron chi connectivity index (χ2n) is 0.0577.